The van der Waals surface area contributed by atoms with Gasteiger partial charge in [0.1, 0.15) is 4.88 Å². The number of anilines is 1. The second kappa shape index (κ2) is 4.90. The van der Waals surface area contributed by atoms with Gasteiger partial charge in [-0.2, -0.15) is 0 Å². The van der Waals surface area contributed by atoms with Gasteiger partial charge in [0.15, 0.2) is 0 Å². The van der Waals surface area contributed by atoms with Gasteiger partial charge in [-0.05, 0) is 44.8 Å². The number of nitrogens with two attached hydrogens (primary N) is 1. The lowest BCUT2D eigenvalue weighted by atomic mass is 9.75. The van der Waals surface area contributed by atoms with Crippen molar-refractivity contribution in [1.29, 1.82) is 0 Å². The summed E-state index contributed by atoms with van der Waals surface area (Å²) in [6, 6.07) is 1.79. The first kappa shape index (κ1) is 13.4. The van der Waals surface area contributed by atoms with E-state index in [1.807, 2.05) is 12.4 Å². The van der Waals surface area contributed by atoms with E-state index in [9.17, 15) is 4.79 Å². The SMILES string of the molecule is CN(CC1(N(C)C)CCC1)C(=O)c1sccc1N. The van der Waals surface area contributed by atoms with E-state index in [0.717, 1.165) is 19.4 Å². The molecule has 18 heavy (non-hydrogen) atoms. The smallest absolute Gasteiger partial charge is 0.265 e. The van der Waals surface area contributed by atoms with Crippen LogP contribution < -0.4 is 5.73 Å². The van der Waals surface area contributed by atoms with Crippen molar-refractivity contribution in [2.75, 3.05) is 33.4 Å². The molecule has 0 aliphatic heterocycles. The Balaban J connectivity index is 2.06. The second-order valence-corrected chi connectivity index (χ2v) is 6.25. The van der Waals surface area contributed by atoms with Crippen molar-refractivity contribution in [3.63, 3.8) is 0 Å². The van der Waals surface area contributed by atoms with Crippen molar-refractivity contribution in [3.8, 4) is 0 Å². The summed E-state index contributed by atoms with van der Waals surface area (Å²) in [4.78, 5) is 17.0. The molecule has 2 N–H and O–H groups in total. The van der Waals surface area contributed by atoms with Crippen LogP contribution in [0.1, 0.15) is 28.9 Å². The van der Waals surface area contributed by atoms with Gasteiger partial charge in [0.25, 0.3) is 5.91 Å². The zero-order valence-corrected chi connectivity index (χ0v) is 12.1. The molecule has 4 nitrogen and oxygen atoms in total. The minimum atomic E-state index is 0.0376. The van der Waals surface area contributed by atoms with Crippen molar-refractivity contribution in [1.82, 2.24) is 9.80 Å². The van der Waals surface area contributed by atoms with Crippen molar-refractivity contribution in [2.45, 2.75) is 24.8 Å². The summed E-state index contributed by atoms with van der Waals surface area (Å²) >= 11 is 1.42. The maximum absolute atomic E-state index is 12.3. The van der Waals surface area contributed by atoms with Crippen molar-refractivity contribution in [3.05, 3.63) is 16.3 Å². The molecule has 1 aromatic rings. The Morgan fingerprint density at radius 2 is 2.11 bits per heavy atom. The Labute approximate surface area is 112 Å². The summed E-state index contributed by atoms with van der Waals surface area (Å²) in [5, 5.41) is 1.86. The largest absolute Gasteiger partial charge is 0.397 e. The number of nitrogens with zero attached hydrogens (tertiary/aromatic N) is 2. The molecule has 0 atom stereocenters. The molecule has 100 valence electrons. The highest BCUT2D eigenvalue weighted by atomic mass is 32.1. The zero-order valence-electron chi connectivity index (χ0n) is 11.3. The lowest BCUT2D eigenvalue weighted by Crippen LogP contribution is -2.57. The molecule has 1 fully saturated rings. The molecule has 1 heterocycles. The predicted octanol–water partition coefficient (Wildman–Crippen LogP) is 1.89. The molecular weight excluding hydrogens is 246 g/mol. The van der Waals surface area contributed by atoms with Gasteiger partial charge in [-0.1, -0.05) is 0 Å². The van der Waals surface area contributed by atoms with E-state index in [1.54, 1.807) is 11.0 Å². The Kier molecular flexibility index (Phi) is 3.64. The fourth-order valence-electron chi connectivity index (χ4n) is 2.51. The number of rotatable bonds is 4. The predicted molar refractivity (Wildman–Crippen MR) is 76.0 cm³/mol. The molecular formula is C13H21N3OS. The van der Waals surface area contributed by atoms with Crippen molar-refractivity contribution in [2.24, 2.45) is 0 Å². The van der Waals surface area contributed by atoms with Gasteiger partial charge in [0, 0.05) is 19.1 Å². The molecule has 1 amide bonds. The fraction of sp³-hybridized carbons (Fsp3) is 0.615. The first-order chi connectivity index (χ1) is 8.46. The van der Waals surface area contributed by atoms with E-state index in [-0.39, 0.29) is 11.4 Å². The second-order valence-electron chi connectivity index (χ2n) is 5.34. The molecule has 1 aliphatic carbocycles. The summed E-state index contributed by atoms with van der Waals surface area (Å²) < 4.78 is 0. The minimum absolute atomic E-state index is 0.0376. The third-order valence-corrected chi connectivity index (χ3v) is 4.92. The first-order valence-corrected chi connectivity index (χ1v) is 7.10. The van der Waals surface area contributed by atoms with Crippen LogP contribution in [0.15, 0.2) is 11.4 Å². The van der Waals surface area contributed by atoms with Crippen LogP contribution in [0, 0.1) is 0 Å². The van der Waals surface area contributed by atoms with Crippen LogP contribution in [0.3, 0.4) is 0 Å². The summed E-state index contributed by atoms with van der Waals surface area (Å²) in [7, 11) is 6.05. The van der Waals surface area contributed by atoms with Gasteiger partial charge in [0.05, 0.1) is 5.69 Å². The van der Waals surface area contributed by atoms with Crippen molar-refractivity contribution >= 4 is 22.9 Å². The molecule has 0 bridgehead atoms. The van der Waals surface area contributed by atoms with Crippen LogP contribution in [-0.2, 0) is 0 Å². The quantitative estimate of drug-likeness (QED) is 0.906. The number of hydrogen-bond acceptors (Lipinski definition) is 4. The van der Waals surface area contributed by atoms with Gasteiger partial charge in [0.2, 0.25) is 0 Å². The van der Waals surface area contributed by atoms with E-state index >= 15 is 0 Å². The van der Waals surface area contributed by atoms with Crippen LogP contribution in [0.4, 0.5) is 5.69 Å². The number of hydrogen-bond donors (Lipinski definition) is 1. The molecule has 2 rings (SSSR count). The number of carbonyl (C=O) groups is 1. The van der Waals surface area contributed by atoms with Crippen LogP contribution in [0.2, 0.25) is 0 Å². The molecule has 0 aromatic carbocycles. The Hall–Kier alpha value is -1.07. The van der Waals surface area contributed by atoms with Crippen molar-refractivity contribution < 1.29 is 4.79 Å². The summed E-state index contributed by atoms with van der Waals surface area (Å²) in [6.45, 7) is 0.774. The molecule has 1 aliphatic rings. The van der Waals surface area contributed by atoms with Crippen LogP contribution in [-0.4, -0.2) is 48.9 Å². The number of nitrogen functional groups attached to an aromatic ring is 1. The number of carbonyl (C=O) groups excluding carboxylic acids is 1. The average molecular weight is 267 g/mol. The highest BCUT2D eigenvalue weighted by Crippen LogP contribution is 2.37. The van der Waals surface area contributed by atoms with E-state index in [2.05, 4.69) is 19.0 Å². The van der Waals surface area contributed by atoms with E-state index in [1.165, 1.54) is 17.8 Å². The van der Waals surface area contributed by atoms with Gasteiger partial charge in [-0.15, -0.1) is 11.3 Å². The maximum Gasteiger partial charge on any atom is 0.265 e. The summed E-state index contributed by atoms with van der Waals surface area (Å²) in [6.07, 6.45) is 3.58. The van der Waals surface area contributed by atoms with Crippen LogP contribution >= 0.6 is 11.3 Å². The van der Waals surface area contributed by atoms with Crippen LogP contribution in [0.5, 0.6) is 0 Å². The molecule has 0 saturated heterocycles. The summed E-state index contributed by atoms with van der Waals surface area (Å²) in [5.41, 5.74) is 6.55. The lowest BCUT2D eigenvalue weighted by molar-refractivity contribution is 0.0255. The first-order valence-electron chi connectivity index (χ1n) is 6.22. The lowest BCUT2D eigenvalue weighted by Gasteiger charge is -2.49. The standard InChI is InChI=1S/C13H21N3OS/c1-15(2)13(6-4-7-13)9-16(3)12(17)11-10(14)5-8-18-11/h5,8H,4,6-7,9,14H2,1-3H3. The van der Waals surface area contributed by atoms with E-state index in [0.29, 0.717) is 10.6 Å². The minimum Gasteiger partial charge on any atom is -0.397 e. The number of amides is 1. The van der Waals surface area contributed by atoms with Gasteiger partial charge >= 0.3 is 0 Å². The maximum atomic E-state index is 12.3. The molecule has 0 radical (unpaired) electrons. The highest BCUT2D eigenvalue weighted by Gasteiger charge is 2.40. The zero-order chi connectivity index (χ0) is 13.3. The molecule has 1 aromatic heterocycles. The molecule has 0 unspecified atom stereocenters. The third kappa shape index (κ3) is 2.24. The molecule has 1 saturated carbocycles. The van der Waals surface area contributed by atoms with E-state index in [4.69, 9.17) is 5.73 Å². The summed E-state index contributed by atoms with van der Waals surface area (Å²) in [5.74, 6) is 0.0376. The van der Waals surface area contributed by atoms with E-state index < -0.39 is 0 Å². The molecule has 0 spiro atoms. The van der Waals surface area contributed by atoms with Gasteiger partial charge in [-0.3, -0.25) is 4.79 Å². The third-order valence-electron chi connectivity index (χ3n) is 4.00. The topological polar surface area (TPSA) is 49.6 Å². The Bertz CT molecular complexity index is 437. The number of thiophene rings is 1. The normalized spacial score (nSPS) is 17.6. The molecule has 5 heteroatoms. The Morgan fingerprint density at radius 3 is 2.50 bits per heavy atom. The van der Waals surface area contributed by atoms with Crippen LogP contribution in [0.25, 0.3) is 0 Å². The fourth-order valence-corrected chi connectivity index (χ4v) is 3.32. The monoisotopic (exact) mass is 267 g/mol. The van der Waals surface area contributed by atoms with Gasteiger partial charge in [-0.25, -0.2) is 0 Å². The number of likely N-dealkylation sites (N-methyl/N-ethyl adjacent to an activating group) is 2. The Morgan fingerprint density at radius 1 is 1.44 bits per heavy atom. The highest BCUT2D eigenvalue weighted by molar-refractivity contribution is 7.12. The average Bonchev–Trinajstić information content (AvgIpc) is 2.67. The van der Waals surface area contributed by atoms with Gasteiger partial charge < -0.3 is 15.5 Å².